The van der Waals surface area contributed by atoms with Gasteiger partial charge in [-0.3, -0.25) is 9.36 Å². The van der Waals surface area contributed by atoms with Gasteiger partial charge in [-0.1, -0.05) is 6.92 Å². The summed E-state index contributed by atoms with van der Waals surface area (Å²) in [5.41, 5.74) is 0. The second-order valence-corrected chi connectivity index (χ2v) is 5.79. The Balaban J connectivity index is 4.33. The van der Waals surface area contributed by atoms with Crippen LogP contribution in [0.4, 0.5) is 0 Å². The van der Waals surface area contributed by atoms with Gasteiger partial charge in [0.25, 0.3) is 0 Å². The zero-order valence-electron chi connectivity index (χ0n) is 8.02. The molecular weight excluding hydrogens is 193 g/mol. The maximum absolute atomic E-state index is 11.5. The monoisotopic (exact) mass is 209 g/mol. The minimum absolute atomic E-state index is 0.190. The zero-order chi connectivity index (χ0) is 10.6. The molecule has 0 aliphatic carbocycles. The summed E-state index contributed by atoms with van der Waals surface area (Å²) >= 11 is 0. The van der Waals surface area contributed by atoms with Crippen molar-refractivity contribution in [1.29, 1.82) is 0 Å². The van der Waals surface area contributed by atoms with E-state index >= 15 is 0 Å². The van der Waals surface area contributed by atoms with Crippen LogP contribution in [-0.4, -0.2) is 35.0 Å². The summed E-state index contributed by atoms with van der Waals surface area (Å²) in [6.07, 6.45) is -0.190. The van der Waals surface area contributed by atoms with E-state index in [2.05, 4.69) is 5.32 Å². The average molecular weight is 209 g/mol. The molecule has 3 atom stereocenters. The average Bonchev–Trinajstić information content (AvgIpc) is 2.01. The third-order valence-electron chi connectivity index (χ3n) is 1.98. The van der Waals surface area contributed by atoms with Crippen molar-refractivity contribution in [1.82, 2.24) is 5.32 Å². The molecule has 0 aliphatic heterocycles. The van der Waals surface area contributed by atoms with E-state index < -0.39 is 25.0 Å². The third-order valence-corrected chi connectivity index (χ3v) is 4.52. The number of hydrogen-bond donors (Lipinski definition) is 3. The van der Waals surface area contributed by atoms with Crippen molar-refractivity contribution < 1.29 is 19.4 Å². The summed E-state index contributed by atoms with van der Waals surface area (Å²) in [7, 11) is -1.82. The van der Waals surface area contributed by atoms with Gasteiger partial charge in [-0.05, 0) is 14.0 Å². The molecule has 0 spiro atoms. The zero-order valence-corrected chi connectivity index (χ0v) is 8.91. The van der Waals surface area contributed by atoms with Crippen molar-refractivity contribution in [2.75, 3.05) is 13.2 Å². The van der Waals surface area contributed by atoms with Crippen LogP contribution in [0.2, 0.25) is 0 Å². The molecular formula is C7H16NO4P. The van der Waals surface area contributed by atoms with E-state index in [0.717, 1.165) is 0 Å². The van der Waals surface area contributed by atoms with Crippen molar-refractivity contribution in [3.05, 3.63) is 0 Å². The largest absolute Gasteiger partial charge is 0.481 e. The first kappa shape index (κ1) is 12.6. The molecule has 0 aromatic heterocycles. The van der Waals surface area contributed by atoms with Gasteiger partial charge in [0.1, 0.15) is 0 Å². The Morgan fingerprint density at radius 2 is 2.00 bits per heavy atom. The van der Waals surface area contributed by atoms with E-state index in [1.54, 1.807) is 14.0 Å². The maximum atomic E-state index is 11.5. The van der Waals surface area contributed by atoms with Gasteiger partial charge in [-0.25, -0.2) is 0 Å². The van der Waals surface area contributed by atoms with Crippen LogP contribution >= 0.6 is 7.37 Å². The van der Waals surface area contributed by atoms with Crippen molar-refractivity contribution >= 4 is 13.3 Å². The standard InChI is InChI=1S/C7H16NO4P/c1-5(7(9)10)4-13(11,12)6(2)8-3/h5-6,8H,4H2,1-3H3,(H,9,10)(H,11,12). The SMILES string of the molecule is CNC(C)P(=O)(O)CC(C)C(=O)O. The van der Waals surface area contributed by atoms with E-state index in [-0.39, 0.29) is 6.16 Å². The predicted molar refractivity (Wildman–Crippen MR) is 50.0 cm³/mol. The minimum atomic E-state index is -3.39. The Labute approximate surface area is 77.6 Å². The van der Waals surface area contributed by atoms with Crippen LogP contribution in [0.3, 0.4) is 0 Å². The normalized spacial score (nSPS) is 20.3. The summed E-state index contributed by atoms with van der Waals surface area (Å²) in [4.78, 5) is 19.9. The highest BCUT2D eigenvalue weighted by molar-refractivity contribution is 7.58. The van der Waals surface area contributed by atoms with Crippen molar-refractivity contribution in [3.8, 4) is 0 Å². The number of hydrogen-bond acceptors (Lipinski definition) is 3. The molecule has 0 fully saturated rings. The second-order valence-electron chi connectivity index (χ2n) is 3.14. The fourth-order valence-electron chi connectivity index (χ4n) is 0.830. The molecule has 0 aromatic carbocycles. The number of carboxylic acids is 1. The van der Waals surface area contributed by atoms with E-state index in [4.69, 9.17) is 5.11 Å². The molecule has 0 rings (SSSR count). The number of aliphatic carboxylic acids is 1. The lowest BCUT2D eigenvalue weighted by Crippen LogP contribution is -2.25. The van der Waals surface area contributed by atoms with Crippen LogP contribution < -0.4 is 5.32 Å². The highest BCUT2D eigenvalue weighted by Gasteiger charge is 2.30. The molecule has 0 aliphatic rings. The first-order valence-corrected chi connectivity index (χ1v) is 5.94. The minimum Gasteiger partial charge on any atom is -0.481 e. The third kappa shape index (κ3) is 3.89. The first-order valence-electron chi connectivity index (χ1n) is 4.03. The van der Waals surface area contributed by atoms with Crippen LogP contribution in [0.15, 0.2) is 0 Å². The van der Waals surface area contributed by atoms with Gasteiger partial charge in [0.15, 0.2) is 0 Å². The van der Waals surface area contributed by atoms with Gasteiger partial charge in [0.05, 0.1) is 11.7 Å². The molecule has 0 saturated carbocycles. The van der Waals surface area contributed by atoms with Crippen LogP contribution in [-0.2, 0) is 9.36 Å². The van der Waals surface area contributed by atoms with Gasteiger partial charge in [-0.15, -0.1) is 0 Å². The molecule has 3 N–H and O–H groups in total. The Morgan fingerprint density at radius 1 is 1.54 bits per heavy atom. The van der Waals surface area contributed by atoms with Gasteiger partial charge in [-0.2, -0.15) is 0 Å². The summed E-state index contributed by atoms with van der Waals surface area (Å²) < 4.78 is 11.5. The highest BCUT2D eigenvalue weighted by Crippen LogP contribution is 2.46. The molecule has 0 aromatic rings. The summed E-state index contributed by atoms with van der Waals surface area (Å²) in [5, 5.41) is 11.2. The van der Waals surface area contributed by atoms with Crippen LogP contribution in [0.1, 0.15) is 13.8 Å². The first-order chi connectivity index (χ1) is 5.81. The van der Waals surface area contributed by atoms with Crippen molar-refractivity contribution in [2.24, 2.45) is 5.92 Å². The molecule has 0 radical (unpaired) electrons. The molecule has 3 unspecified atom stereocenters. The molecule has 0 amide bonds. The molecule has 0 saturated heterocycles. The molecule has 5 nitrogen and oxygen atoms in total. The quantitative estimate of drug-likeness (QED) is 0.575. The Bertz CT molecular complexity index is 231. The molecule has 0 heterocycles. The summed E-state index contributed by atoms with van der Waals surface area (Å²) in [6.45, 7) is 2.99. The van der Waals surface area contributed by atoms with Gasteiger partial charge >= 0.3 is 5.97 Å². The summed E-state index contributed by atoms with van der Waals surface area (Å²) in [5.74, 6) is -2.39. The van der Waals surface area contributed by atoms with Crippen molar-refractivity contribution in [3.63, 3.8) is 0 Å². The highest BCUT2D eigenvalue weighted by atomic mass is 31.2. The molecule has 13 heavy (non-hydrogen) atoms. The van der Waals surface area contributed by atoms with Gasteiger partial charge < -0.3 is 15.3 Å². The number of carbonyl (C=O) groups is 1. The molecule has 6 heteroatoms. The lowest BCUT2D eigenvalue weighted by Gasteiger charge is -2.20. The topological polar surface area (TPSA) is 86.6 Å². The van der Waals surface area contributed by atoms with E-state index in [9.17, 15) is 14.3 Å². The van der Waals surface area contributed by atoms with E-state index in [1.807, 2.05) is 0 Å². The second kappa shape index (κ2) is 4.74. The fraction of sp³-hybridized carbons (Fsp3) is 0.857. The van der Waals surface area contributed by atoms with Gasteiger partial charge in [0, 0.05) is 6.16 Å². The lowest BCUT2D eigenvalue weighted by molar-refractivity contribution is -0.140. The Kier molecular flexibility index (Phi) is 4.61. The van der Waals surface area contributed by atoms with E-state index in [1.165, 1.54) is 6.92 Å². The van der Waals surface area contributed by atoms with Crippen LogP contribution in [0.25, 0.3) is 0 Å². The number of carboxylic acid groups (broad SMARTS) is 1. The van der Waals surface area contributed by atoms with Crippen molar-refractivity contribution in [2.45, 2.75) is 19.6 Å². The fourth-order valence-corrected chi connectivity index (χ4v) is 2.49. The number of nitrogens with one attached hydrogen (secondary N) is 1. The smallest absolute Gasteiger partial charge is 0.306 e. The predicted octanol–water partition coefficient (Wildman–Crippen LogP) is 0.543. The Hall–Kier alpha value is -0.380. The van der Waals surface area contributed by atoms with Crippen LogP contribution in [0.5, 0.6) is 0 Å². The summed E-state index contributed by atoms with van der Waals surface area (Å²) in [6, 6.07) is 0. The van der Waals surface area contributed by atoms with E-state index in [0.29, 0.717) is 0 Å². The van der Waals surface area contributed by atoms with Crippen LogP contribution in [0, 0.1) is 5.92 Å². The molecule has 78 valence electrons. The van der Waals surface area contributed by atoms with Gasteiger partial charge in [0.2, 0.25) is 7.37 Å². The maximum Gasteiger partial charge on any atom is 0.306 e. The molecule has 0 bridgehead atoms. The Morgan fingerprint density at radius 3 is 2.31 bits per heavy atom. The lowest BCUT2D eigenvalue weighted by atomic mass is 10.2. The number of rotatable bonds is 5.